The van der Waals surface area contributed by atoms with Gasteiger partial charge in [-0.3, -0.25) is 19.6 Å². The molecule has 0 saturated heterocycles. The summed E-state index contributed by atoms with van der Waals surface area (Å²) in [6.07, 6.45) is 8.49. The standard InChI is InChI=1S/C20H21N5O2/c1-24(14-12-23-19(26)17-6-10-22-11-7-17)20(27)18-3-2-13-25(18)15-16-4-8-21-9-5-16/h2-11,13H,12,14-15H2,1H3,(H,23,26). The Bertz CT molecular complexity index is 893. The van der Waals surface area contributed by atoms with Crippen molar-refractivity contribution in [3.05, 3.63) is 84.2 Å². The number of pyridine rings is 2. The third kappa shape index (κ3) is 4.78. The molecule has 3 rings (SSSR count). The number of hydrogen-bond donors (Lipinski definition) is 1. The highest BCUT2D eigenvalue weighted by Gasteiger charge is 2.16. The van der Waals surface area contributed by atoms with Crippen LogP contribution in [0.5, 0.6) is 0 Å². The fourth-order valence-corrected chi connectivity index (χ4v) is 2.67. The van der Waals surface area contributed by atoms with E-state index in [-0.39, 0.29) is 11.8 Å². The Hall–Kier alpha value is -3.48. The van der Waals surface area contributed by atoms with Gasteiger partial charge in [0.25, 0.3) is 11.8 Å². The summed E-state index contributed by atoms with van der Waals surface area (Å²) in [5, 5.41) is 2.81. The number of hydrogen-bond acceptors (Lipinski definition) is 4. The van der Waals surface area contributed by atoms with Crippen LogP contribution in [0.3, 0.4) is 0 Å². The number of nitrogens with one attached hydrogen (secondary N) is 1. The van der Waals surface area contributed by atoms with Crippen molar-refractivity contribution in [2.24, 2.45) is 0 Å². The van der Waals surface area contributed by atoms with Crippen LogP contribution in [-0.2, 0) is 6.54 Å². The first-order chi connectivity index (χ1) is 13.1. The van der Waals surface area contributed by atoms with Crippen LogP contribution in [0.15, 0.2) is 67.4 Å². The van der Waals surface area contributed by atoms with Crippen LogP contribution < -0.4 is 5.32 Å². The van der Waals surface area contributed by atoms with Crippen LogP contribution in [0, 0.1) is 0 Å². The number of nitrogens with zero attached hydrogens (tertiary/aromatic N) is 4. The van der Waals surface area contributed by atoms with E-state index < -0.39 is 0 Å². The molecule has 27 heavy (non-hydrogen) atoms. The van der Waals surface area contributed by atoms with Gasteiger partial charge in [-0.25, -0.2) is 0 Å². The summed E-state index contributed by atoms with van der Waals surface area (Å²) >= 11 is 0. The SMILES string of the molecule is CN(CCNC(=O)c1ccncc1)C(=O)c1cccn1Cc1ccncc1. The molecule has 3 aromatic heterocycles. The van der Waals surface area contributed by atoms with Crippen molar-refractivity contribution in [2.45, 2.75) is 6.54 Å². The van der Waals surface area contributed by atoms with Gasteiger partial charge in [0, 0.05) is 63.2 Å². The molecule has 1 N–H and O–H groups in total. The third-order valence-corrected chi connectivity index (χ3v) is 4.17. The van der Waals surface area contributed by atoms with E-state index in [0.29, 0.717) is 30.9 Å². The van der Waals surface area contributed by atoms with E-state index in [4.69, 9.17) is 0 Å². The van der Waals surface area contributed by atoms with Crippen LogP contribution >= 0.6 is 0 Å². The molecule has 0 saturated carbocycles. The summed E-state index contributed by atoms with van der Waals surface area (Å²) in [4.78, 5) is 34.3. The number of likely N-dealkylation sites (N-methyl/N-ethyl adjacent to an activating group) is 1. The Morgan fingerprint density at radius 1 is 1.04 bits per heavy atom. The van der Waals surface area contributed by atoms with Crippen LogP contribution in [0.1, 0.15) is 26.4 Å². The summed E-state index contributed by atoms with van der Waals surface area (Å²) in [6, 6.07) is 10.8. The van der Waals surface area contributed by atoms with Crippen molar-refractivity contribution in [1.82, 2.24) is 24.8 Å². The third-order valence-electron chi connectivity index (χ3n) is 4.17. The fraction of sp³-hybridized carbons (Fsp3) is 0.200. The lowest BCUT2D eigenvalue weighted by Gasteiger charge is -2.19. The highest BCUT2D eigenvalue weighted by Crippen LogP contribution is 2.09. The number of aromatic nitrogens is 3. The highest BCUT2D eigenvalue weighted by molar-refractivity contribution is 5.94. The molecule has 7 nitrogen and oxygen atoms in total. The monoisotopic (exact) mass is 363 g/mol. The van der Waals surface area contributed by atoms with Gasteiger partial charge in [-0.15, -0.1) is 0 Å². The van der Waals surface area contributed by atoms with Gasteiger partial charge >= 0.3 is 0 Å². The van der Waals surface area contributed by atoms with Gasteiger partial charge in [0.1, 0.15) is 5.69 Å². The highest BCUT2D eigenvalue weighted by atomic mass is 16.2. The Labute approximate surface area is 157 Å². The molecule has 0 atom stereocenters. The molecule has 7 heteroatoms. The number of carbonyl (C=O) groups excluding carboxylic acids is 2. The van der Waals surface area contributed by atoms with Crippen molar-refractivity contribution >= 4 is 11.8 Å². The smallest absolute Gasteiger partial charge is 0.270 e. The maximum atomic E-state index is 12.7. The second-order valence-electron chi connectivity index (χ2n) is 6.10. The lowest BCUT2D eigenvalue weighted by Crippen LogP contribution is -2.36. The molecule has 2 amide bonds. The van der Waals surface area contributed by atoms with Crippen molar-refractivity contribution < 1.29 is 9.59 Å². The molecule has 3 heterocycles. The minimum absolute atomic E-state index is 0.0905. The molecule has 0 unspecified atom stereocenters. The predicted molar refractivity (Wildman–Crippen MR) is 101 cm³/mol. The second-order valence-corrected chi connectivity index (χ2v) is 6.10. The van der Waals surface area contributed by atoms with Crippen molar-refractivity contribution in [3.63, 3.8) is 0 Å². The van der Waals surface area contributed by atoms with Crippen molar-refractivity contribution in [3.8, 4) is 0 Å². The van der Waals surface area contributed by atoms with Gasteiger partial charge in [-0.05, 0) is 42.0 Å². The molecule has 3 aromatic rings. The quantitative estimate of drug-likeness (QED) is 0.694. The van der Waals surface area contributed by atoms with Gasteiger partial charge in [0.15, 0.2) is 0 Å². The molecule has 0 bridgehead atoms. The fourth-order valence-electron chi connectivity index (χ4n) is 2.67. The van der Waals surface area contributed by atoms with Crippen LogP contribution in [-0.4, -0.2) is 51.4 Å². The molecular formula is C20H21N5O2. The molecule has 0 aliphatic heterocycles. The summed E-state index contributed by atoms with van der Waals surface area (Å²) in [5.41, 5.74) is 2.22. The average Bonchev–Trinajstić information content (AvgIpc) is 3.16. The van der Waals surface area contributed by atoms with E-state index in [1.807, 2.05) is 29.0 Å². The van der Waals surface area contributed by atoms with E-state index >= 15 is 0 Å². The zero-order valence-corrected chi connectivity index (χ0v) is 15.1. The molecule has 0 aliphatic rings. The Morgan fingerprint density at radius 3 is 2.41 bits per heavy atom. The number of rotatable bonds is 7. The zero-order valence-electron chi connectivity index (χ0n) is 15.1. The van der Waals surface area contributed by atoms with Crippen LogP contribution in [0.2, 0.25) is 0 Å². The topological polar surface area (TPSA) is 80.1 Å². The Balaban J connectivity index is 1.55. The van der Waals surface area contributed by atoms with Gasteiger partial charge in [0.05, 0.1) is 0 Å². The summed E-state index contributed by atoms with van der Waals surface area (Å²) in [5.74, 6) is -0.272. The molecule has 0 aliphatic carbocycles. The number of amides is 2. The zero-order chi connectivity index (χ0) is 19.1. The van der Waals surface area contributed by atoms with Crippen molar-refractivity contribution in [1.29, 1.82) is 0 Å². The van der Waals surface area contributed by atoms with E-state index in [1.165, 1.54) is 0 Å². The molecule has 0 aromatic carbocycles. The maximum Gasteiger partial charge on any atom is 0.270 e. The molecular weight excluding hydrogens is 342 g/mol. The van der Waals surface area contributed by atoms with Gasteiger partial charge in [-0.1, -0.05) is 0 Å². The summed E-state index contributed by atoms with van der Waals surface area (Å²) < 4.78 is 1.91. The molecule has 0 spiro atoms. The molecule has 138 valence electrons. The molecule has 0 radical (unpaired) electrons. The van der Waals surface area contributed by atoms with Gasteiger partial charge in [0.2, 0.25) is 0 Å². The first-order valence-corrected chi connectivity index (χ1v) is 8.63. The van der Waals surface area contributed by atoms with Crippen LogP contribution in [0.25, 0.3) is 0 Å². The minimum atomic E-state index is -0.181. The van der Waals surface area contributed by atoms with Crippen molar-refractivity contribution in [2.75, 3.05) is 20.1 Å². The van der Waals surface area contributed by atoms with E-state index in [0.717, 1.165) is 5.56 Å². The Kier molecular flexibility index (Phi) is 5.94. The maximum absolute atomic E-state index is 12.7. The van der Waals surface area contributed by atoms with E-state index in [2.05, 4.69) is 15.3 Å². The molecule has 0 fully saturated rings. The lowest BCUT2D eigenvalue weighted by molar-refractivity contribution is 0.0777. The number of carbonyl (C=O) groups is 2. The summed E-state index contributed by atoms with van der Waals surface area (Å²) in [7, 11) is 1.73. The van der Waals surface area contributed by atoms with Gasteiger partial charge in [-0.2, -0.15) is 0 Å². The summed E-state index contributed by atoms with van der Waals surface area (Å²) in [6.45, 7) is 1.38. The Morgan fingerprint density at radius 2 is 1.70 bits per heavy atom. The van der Waals surface area contributed by atoms with Crippen LogP contribution in [0.4, 0.5) is 0 Å². The normalized spacial score (nSPS) is 10.4. The average molecular weight is 363 g/mol. The van der Waals surface area contributed by atoms with E-state index in [9.17, 15) is 9.59 Å². The first-order valence-electron chi connectivity index (χ1n) is 8.63. The first kappa shape index (κ1) is 18.3. The lowest BCUT2D eigenvalue weighted by atomic mass is 10.2. The largest absolute Gasteiger partial charge is 0.350 e. The van der Waals surface area contributed by atoms with E-state index in [1.54, 1.807) is 54.9 Å². The second kappa shape index (κ2) is 8.75. The predicted octanol–water partition coefficient (Wildman–Crippen LogP) is 1.83. The van der Waals surface area contributed by atoms with Gasteiger partial charge < -0.3 is 14.8 Å². The minimum Gasteiger partial charge on any atom is -0.350 e.